The average Bonchev–Trinajstić information content (AvgIpc) is 2.04. The average molecular weight is 210 g/mol. The lowest BCUT2D eigenvalue weighted by Gasteiger charge is -2.11. The molecule has 0 saturated carbocycles. The maximum absolute atomic E-state index is 10.5. The highest BCUT2D eigenvalue weighted by Gasteiger charge is 2.28. The molecule has 7 heteroatoms. The molecule has 13 heavy (non-hydrogen) atoms. The first-order valence-corrected chi connectivity index (χ1v) is 5.43. The van der Waals surface area contributed by atoms with Crippen LogP contribution >= 0.6 is 0 Å². The third-order valence-corrected chi connectivity index (χ3v) is 1.25. The second kappa shape index (κ2) is 4.03. The van der Waals surface area contributed by atoms with Gasteiger partial charge in [-0.05, 0) is 6.92 Å². The summed E-state index contributed by atoms with van der Waals surface area (Å²) in [7, 11) is -3.67. The lowest BCUT2D eigenvalue weighted by atomic mass is 10.0. The molecule has 0 aliphatic carbocycles. The minimum atomic E-state index is -3.67. The first kappa shape index (κ1) is 12.3. The predicted molar refractivity (Wildman–Crippen MR) is 47.7 cm³/mol. The first-order valence-electron chi connectivity index (χ1n) is 3.58. The Hall–Kier alpha value is -0.660. The monoisotopic (exact) mass is 210 g/mol. The van der Waals surface area contributed by atoms with Crippen LogP contribution < -0.4 is 11.1 Å². The van der Waals surface area contributed by atoms with Crippen molar-refractivity contribution in [1.29, 1.82) is 0 Å². The minimum absolute atomic E-state index is 0.0648. The van der Waals surface area contributed by atoms with Gasteiger partial charge in [-0.3, -0.25) is 9.35 Å². The molecule has 0 aromatic carbocycles. The van der Waals surface area contributed by atoms with Crippen LogP contribution in [0.15, 0.2) is 0 Å². The number of hydrogen-bond donors (Lipinski definition) is 3. The Labute approximate surface area is 77.2 Å². The Morgan fingerprint density at radius 3 is 2.08 bits per heavy atom. The van der Waals surface area contributed by atoms with Crippen molar-refractivity contribution in [3.63, 3.8) is 0 Å². The first-order chi connectivity index (χ1) is 5.60. The third-order valence-electron chi connectivity index (χ3n) is 1.25. The van der Waals surface area contributed by atoms with Gasteiger partial charge in [0.2, 0.25) is 5.91 Å². The Morgan fingerprint density at radius 1 is 1.62 bits per heavy atom. The second-order valence-electron chi connectivity index (χ2n) is 3.34. The molecular weight excluding hydrogens is 196 g/mol. The van der Waals surface area contributed by atoms with Gasteiger partial charge in [0.25, 0.3) is 10.1 Å². The topological polar surface area (TPSA) is 109 Å². The molecule has 0 spiro atoms. The van der Waals surface area contributed by atoms with Crippen LogP contribution in [0.25, 0.3) is 0 Å². The number of amides is 1. The predicted octanol–water partition coefficient (Wildman–Crippen LogP) is -1.27. The Balaban J connectivity index is 0.000000252. The molecule has 1 rings (SSSR count). The molecule has 1 fully saturated rings. The summed E-state index contributed by atoms with van der Waals surface area (Å²) in [6.45, 7) is 2.48. The Bertz CT molecular complexity index is 275. The number of rotatable bonds is 0. The van der Waals surface area contributed by atoms with Crippen LogP contribution in [0.5, 0.6) is 0 Å². The summed E-state index contributed by atoms with van der Waals surface area (Å²) in [5.74, 6) is 0.0648. The van der Waals surface area contributed by atoms with Gasteiger partial charge in [0, 0.05) is 18.5 Å². The fourth-order valence-corrected chi connectivity index (χ4v) is 0.792. The molecule has 78 valence electrons. The van der Waals surface area contributed by atoms with Crippen molar-refractivity contribution in [1.82, 2.24) is 5.32 Å². The van der Waals surface area contributed by atoms with Gasteiger partial charge in [0.15, 0.2) is 0 Å². The number of hydrogen-bond acceptors (Lipinski definition) is 4. The van der Waals surface area contributed by atoms with Crippen LogP contribution in [-0.2, 0) is 14.9 Å². The van der Waals surface area contributed by atoms with Crippen molar-refractivity contribution in [2.24, 2.45) is 5.73 Å². The highest BCUT2D eigenvalue weighted by molar-refractivity contribution is 7.85. The van der Waals surface area contributed by atoms with E-state index in [1.165, 1.54) is 0 Å². The minimum Gasteiger partial charge on any atom is -0.354 e. The van der Waals surface area contributed by atoms with E-state index in [1.807, 2.05) is 6.92 Å². The number of carbonyl (C=O) groups is 1. The van der Waals surface area contributed by atoms with E-state index in [4.69, 9.17) is 10.3 Å². The zero-order valence-corrected chi connectivity index (χ0v) is 8.39. The molecule has 1 aliphatic heterocycles. The summed E-state index contributed by atoms with van der Waals surface area (Å²) in [5, 5.41) is 2.65. The van der Waals surface area contributed by atoms with E-state index >= 15 is 0 Å². The number of nitrogens with two attached hydrogens (primary N) is 1. The molecule has 0 aromatic heterocycles. The standard InChI is InChI=1S/C5H10N2O.CH4O3S/c1-5(6)2-4(8)7-3-5;1-5(2,3)4/h2-3,6H2,1H3,(H,7,8);1H3,(H,2,3,4). The van der Waals surface area contributed by atoms with Crippen molar-refractivity contribution < 1.29 is 17.8 Å². The number of nitrogens with one attached hydrogen (secondary N) is 1. The summed E-state index contributed by atoms with van der Waals surface area (Å²) < 4.78 is 25.9. The van der Waals surface area contributed by atoms with Crippen molar-refractivity contribution in [2.75, 3.05) is 12.8 Å². The van der Waals surface area contributed by atoms with Crippen LogP contribution in [0.1, 0.15) is 13.3 Å². The summed E-state index contributed by atoms with van der Waals surface area (Å²) in [6, 6.07) is 0. The van der Waals surface area contributed by atoms with E-state index in [0.29, 0.717) is 19.2 Å². The normalized spacial score (nSPS) is 27.5. The molecule has 1 amide bonds. The van der Waals surface area contributed by atoms with E-state index in [9.17, 15) is 13.2 Å². The zero-order valence-electron chi connectivity index (χ0n) is 7.57. The molecule has 1 aliphatic rings. The van der Waals surface area contributed by atoms with Crippen molar-refractivity contribution in [3.8, 4) is 0 Å². The van der Waals surface area contributed by atoms with Gasteiger partial charge in [0.05, 0.1) is 6.26 Å². The Kier molecular flexibility index (Phi) is 3.83. The van der Waals surface area contributed by atoms with E-state index in [1.54, 1.807) is 0 Å². The van der Waals surface area contributed by atoms with Crippen LogP contribution in [0.2, 0.25) is 0 Å². The fourth-order valence-electron chi connectivity index (χ4n) is 0.792. The van der Waals surface area contributed by atoms with E-state index < -0.39 is 10.1 Å². The van der Waals surface area contributed by atoms with Gasteiger partial charge < -0.3 is 11.1 Å². The molecular formula is C6H14N2O4S. The molecule has 1 saturated heterocycles. The summed E-state index contributed by atoms with van der Waals surface area (Å²) in [4.78, 5) is 10.5. The molecule has 0 aromatic rings. The lowest BCUT2D eigenvalue weighted by Crippen LogP contribution is -2.37. The summed E-state index contributed by atoms with van der Waals surface area (Å²) in [6.07, 6.45) is 1.18. The molecule has 0 bridgehead atoms. The highest BCUT2D eigenvalue weighted by Crippen LogP contribution is 2.08. The van der Waals surface area contributed by atoms with Gasteiger partial charge in [-0.15, -0.1) is 0 Å². The van der Waals surface area contributed by atoms with Crippen LogP contribution in [0, 0.1) is 0 Å². The number of carbonyl (C=O) groups excluding carboxylic acids is 1. The molecule has 1 heterocycles. The SMILES string of the molecule is CC1(N)CNC(=O)C1.CS(=O)(=O)O. The van der Waals surface area contributed by atoms with Gasteiger partial charge in [-0.2, -0.15) is 8.42 Å². The summed E-state index contributed by atoms with van der Waals surface area (Å²) >= 11 is 0. The third kappa shape index (κ3) is 9.25. The van der Waals surface area contributed by atoms with Crippen LogP contribution in [0.4, 0.5) is 0 Å². The smallest absolute Gasteiger partial charge is 0.261 e. The molecule has 0 radical (unpaired) electrons. The molecule has 1 atom stereocenters. The maximum Gasteiger partial charge on any atom is 0.261 e. The van der Waals surface area contributed by atoms with E-state index in [2.05, 4.69) is 5.32 Å². The maximum atomic E-state index is 10.5. The van der Waals surface area contributed by atoms with E-state index in [0.717, 1.165) is 0 Å². The van der Waals surface area contributed by atoms with Crippen molar-refractivity contribution >= 4 is 16.0 Å². The van der Waals surface area contributed by atoms with E-state index in [-0.39, 0.29) is 11.4 Å². The fraction of sp³-hybridized carbons (Fsp3) is 0.833. The molecule has 6 nitrogen and oxygen atoms in total. The largest absolute Gasteiger partial charge is 0.354 e. The van der Waals surface area contributed by atoms with Gasteiger partial charge in [0.1, 0.15) is 0 Å². The quantitative estimate of drug-likeness (QED) is 0.432. The van der Waals surface area contributed by atoms with Gasteiger partial charge in [-0.1, -0.05) is 0 Å². The Morgan fingerprint density at radius 2 is 2.00 bits per heavy atom. The van der Waals surface area contributed by atoms with Gasteiger partial charge >= 0.3 is 0 Å². The van der Waals surface area contributed by atoms with Gasteiger partial charge in [-0.25, -0.2) is 0 Å². The summed E-state index contributed by atoms with van der Waals surface area (Å²) in [5.41, 5.74) is 5.29. The zero-order chi connectivity index (χ0) is 10.7. The lowest BCUT2D eigenvalue weighted by molar-refractivity contribution is -0.119. The van der Waals surface area contributed by atoms with Crippen molar-refractivity contribution in [2.45, 2.75) is 18.9 Å². The van der Waals surface area contributed by atoms with Crippen LogP contribution in [-0.4, -0.2) is 37.2 Å². The van der Waals surface area contributed by atoms with Crippen molar-refractivity contribution in [3.05, 3.63) is 0 Å². The highest BCUT2D eigenvalue weighted by atomic mass is 32.2. The molecule has 4 N–H and O–H groups in total. The molecule has 1 unspecified atom stereocenters. The van der Waals surface area contributed by atoms with Crippen LogP contribution in [0.3, 0.4) is 0 Å². The second-order valence-corrected chi connectivity index (χ2v) is 4.81.